The molecule has 0 saturated carbocycles. The summed E-state index contributed by atoms with van der Waals surface area (Å²) in [6, 6.07) is 4.91. The van der Waals surface area contributed by atoms with Crippen molar-refractivity contribution in [2.45, 2.75) is 37.8 Å². The zero-order valence-electron chi connectivity index (χ0n) is 15.6. The van der Waals surface area contributed by atoms with E-state index < -0.39 is 17.4 Å². The fraction of sp³-hybridized carbons (Fsp3) is 0.500. The summed E-state index contributed by atoms with van der Waals surface area (Å²) in [7, 11) is 1.62. The lowest BCUT2D eigenvalue weighted by molar-refractivity contribution is -0.139. The Hall–Kier alpha value is -1.89. The van der Waals surface area contributed by atoms with Gasteiger partial charge in [-0.1, -0.05) is 30.7 Å². The van der Waals surface area contributed by atoms with Crippen molar-refractivity contribution >= 4 is 29.1 Å². The average molecular weight is 393 g/mol. The largest absolute Gasteiger partial charge is 0.394 e. The Kier molecular flexibility index (Phi) is 5.60. The third-order valence-corrected chi connectivity index (χ3v) is 5.88. The van der Waals surface area contributed by atoms with Crippen molar-refractivity contribution in [1.29, 1.82) is 0 Å². The van der Waals surface area contributed by atoms with Crippen LogP contribution in [0.5, 0.6) is 0 Å². The number of benzene rings is 1. The first-order valence-corrected chi connectivity index (χ1v) is 9.56. The predicted molar refractivity (Wildman–Crippen MR) is 104 cm³/mol. The van der Waals surface area contributed by atoms with Crippen LogP contribution in [0.4, 0.5) is 5.69 Å². The molecule has 3 rings (SSSR count). The quantitative estimate of drug-likeness (QED) is 0.752. The zero-order valence-corrected chi connectivity index (χ0v) is 16.3. The second-order valence-electron chi connectivity index (χ2n) is 7.28. The summed E-state index contributed by atoms with van der Waals surface area (Å²) >= 11 is 6.07. The van der Waals surface area contributed by atoms with Crippen LogP contribution in [0, 0.1) is 5.92 Å². The number of halogens is 1. The van der Waals surface area contributed by atoms with Crippen LogP contribution >= 0.6 is 11.6 Å². The fourth-order valence-corrected chi connectivity index (χ4v) is 4.18. The van der Waals surface area contributed by atoms with E-state index >= 15 is 0 Å². The highest BCUT2D eigenvalue weighted by Crippen LogP contribution is 2.45. The summed E-state index contributed by atoms with van der Waals surface area (Å²) in [5, 5.41) is 21.0. The molecule has 1 fully saturated rings. The smallest absolute Gasteiger partial charge is 0.264 e. The molecule has 3 atom stereocenters. The summed E-state index contributed by atoms with van der Waals surface area (Å²) in [4.78, 5) is 28.2. The number of amides is 2. The van der Waals surface area contributed by atoms with Gasteiger partial charge in [0, 0.05) is 36.5 Å². The number of anilines is 1. The van der Waals surface area contributed by atoms with Crippen LogP contribution < -0.4 is 4.90 Å². The monoisotopic (exact) mass is 392 g/mol. The molecule has 0 aliphatic carbocycles. The highest BCUT2D eigenvalue weighted by atomic mass is 35.5. The highest BCUT2D eigenvalue weighted by molar-refractivity contribution is 6.31. The lowest BCUT2D eigenvalue weighted by Crippen LogP contribution is -2.43. The normalized spacial score (nSPS) is 26.1. The maximum atomic E-state index is 12.7. The first-order valence-electron chi connectivity index (χ1n) is 9.18. The zero-order chi connectivity index (χ0) is 19.8. The number of carbonyl (C=O) groups excluding carboxylic acids is 2. The van der Waals surface area contributed by atoms with E-state index in [1.54, 1.807) is 49.2 Å². The number of likely N-dealkylation sites (tertiary alicyclic amines) is 1. The van der Waals surface area contributed by atoms with Crippen molar-refractivity contribution in [3.63, 3.8) is 0 Å². The molecule has 0 spiro atoms. The van der Waals surface area contributed by atoms with Crippen LogP contribution in [0.15, 0.2) is 30.4 Å². The first kappa shape index (κ1) is 19.9. The van der Waals surface area contributed by atoms with E-state index in [9.17, 15) is 19.8 Å². The Morgan fingerprint density at radius 1 is 1.48 bits per heavy atom. The Morgan fingerprint density at radius 2 is 2.22 bits per heavy atom. The number of carbonyl (C=O) groups is 2. The highest BCUT2D eigenvalue weighted by Gasteiger charge is 2.51. The van der Waals surface area contributed by atoms with Gasteiger partial charge >= 0.3 is 0 Å². The van der Waals surface area contributed by atoms with Crippen molar-refractivity contribution in [2.24, 2.45) is 5.92 Å². The minimum Gasteiger partial charge on any atom is -0.394 e. The standard InChI is InChI=1S/C20H25ClN2O4/c1-13(5-3-7-18(25)23-10-4-6-15(23)12-24)20(27)16-11-14(21)8-9-17(16)22(2)19(20)26/h3,5,8-9,11,13,15,24,27H,4,6-7,10,12H2,1-2H3/b5-3+/t13-,15+,20+/m1/s1. The Balaban J connectivity index is 1.75. The van der Waals surface area contributed by atoms with Gasteiger partial charge in [-0.3, -0.25) is 9.59 Å². The summed E-state index contributed by atoms with van der Waals surface area (Å²) in [5.74, 6) is -1.00. The number of rotatable bonds is 5. The van der Waals surface area contributed by atoms with Crippen molar-refractivity contribution in [3.05, 3.63) is 40.9 Å². The fourth-order valence-electron chi connectivity index (χ4n) is 4.01. The lowest BCUT2D eigenvalue weighted by Gasteiger charge is -2.27. The molecule has 0 aromatic heterocycles. The molecule has 2 heterocycles. The third-order valence-electron chi connectivity index (χ3n) is 5.65. The van der Waals surface area contributed by atoms with Gasteiger partial charge in [0.15, 0.2) is 5.60 Å². The molecule has 0 bridgehead atoms. The number of aliphatic hydroxyl groups is 2. The summed E-state index contributed by atoms with van der Waals surface area (Å²) in [6.45, 7) is 2.38. The second-order valence-corrected chi connectivity index (χ2v) is 7.72. The summed E-state index contributed by atoms with van der Waals surface area (Å²) < 4.78 is 0. The molecule has 1 saturated heterocycles. The average Bonchev–Trinajstić information content (AvgIpc) is 3.20. The van der Waals surface area contributed by atoms with E-state index in [-0.39, 0.29) is 25.0 Å². The third kappa shape index (κ3) is 3.37. The molecule has 0 radical (unpaired) electrons. The van der Waals surface area contributed by atoms with Crippen LogP contribution in [0.3, 0.4) is 0 Å². The molecule has 2 N–H and O–H groups in total. The van der Waals surface area contributed by atoms with Gasteiger partial charge in [0.25, 0.3) is 5.91 Å². The number of fused-ring (bicyclic) bond motifs is 1. The van der Waals surface area contributed by atoms with Crippen molar-refractivity contribution in [2.75, 3.05) is 25.1 Å². The Labute approximate surface area is 164 Å². The SMILES string of the molecule is C[C@H](/C=C/CC(=O)N1CCC[C@H]1CO)[C@@]1(O)C(=O)N(C)c2ccc(Cl)cc21. The van der Waals surface area contributed by atoms with Gasteiger partial charge in [-0.05, 0) is 31.0 Å². The molecule has 0 unspecified atom stereocenters. The topological polar surface area (TPSA) is 81.1 Å². The number of aliphatic hydroxyl groups excluding tert-OH is 1. The Bertz CT molecular complexity index is 781. The summed E-state index contributed by atoms with van der Waals surface area (Å²) in [6.07, 6.45) is 5.27. The van der Waals surface area contributed by atoms with E-state index in [0.29, 0.717) is 22.8 Å². The molecule has 1 aromatic carbocycles. The predicted octanol–water partition coefficient (Wildman–Crippen LogP) is 2.07. The van der Waals surface area contributed by atoms with Crippen LogP contribution in [0.25, 0.3) is 0 Å². The van der Waals surface area contributed by atoms with Crippen LogP contribution in [-0.2, 0) is 15.2 Å². The Morgan fingerprint density at radius 3 is 2.93 bits per heavy atom. The molecular weight excluding hydrogens is 368 g/mol. The van der Waals surface area contributed by atoms with Gasteiger partial charge in [-0.25, -0.2) is 0 Å². The van der Waals surface area contributed by atoms with E-state index in [1.807, 2.05) is 0 Å². The van der Waals surface area contributed by atoms with Crippen molar-refractivity contribution in [3.8, 4) is 0 Å². The molecule has 146 valence electrons. The number of nitrogens with zero attached hydrogens (tertiary/aromatic N) is 2. The van der Waals surface area contributed by atoms with E-state index in [4.69, 9.17) is 11.6 Å². The maximum Gasteiger partial charge on any atom is 0.264 e. The minimum absolute atomic E-state index is 0.0238. The van der Waals surface area contributed by atoms with E-state index in [0.717, 1.165) is 12.8 Å². The van der Waals surface area contributed by atoms with Gasteiger partial charge in [0.2, 0.25) is 5.91 Å². The van der Waals surface area contributed by atoms with Gasteiger partial charge < -0.3 is 20.0 Å². The molecule has 27 heavy (non-hydrogen) atoms. The molecule has 6 nitrogen and oxygen atoms in total. The van der Waals surface area contributed by atoms with Crippen molar-refractivity contribution < 1.29 is 19.8 Å². The summed E-state index contributed by atoms with van der Waals surface area (Å²) in [5.41, 5.74) is -0.604. The number of likely N-dealkylation sites (N-methyl/N-ethyl adjacent to an activating group) is 1. The maximum absolute atomic E-state index is 12.7. The van der Waals surface area contributed by atoms with Gasteiger partial charge in [0.05, 0.1) is 18.3 Å². The number of hydrogen-bond donors (Lipinski definition) is 2. The molecule has 1 aromatic rings. The molecule has 2 aliphatic rings. The van der Waals surface area contributed by atoms with E-state index in [2.05, 4.69) is 0 Å². The first-order chi connectivity index (χ1) is 12.8. The molecule has 2 amide bonds. The van der Waals surface area contributed by atoms with Gasteiger partial charge in [0.1, 0.15) is 0 Å². The van der Waals surface area contributed by atoms with Gasteiger partial charge in [-0.2, -0.15) is 0 Å². The molecule has 7 heteroatoms. The second kappa shape index (κ2) is 7.62. The van der Waals surface area contributed by atoms with Crippen molar-refractivity contribution in [1.82, 2.24) is 4.90 Å². The van der Waals surface area contributed by atoms with Crippen LogP contribution in [0.1, 0.15) is 31.7 Å². The van der Waals surface area contributed by atoms with Crippen LogP contribution in [-0.4, -0.2) is 53.2 Å². The van der Waals surface area contributed by atoms with Gasteiger partial charge in [-0.15, -0.1) is 0 Å². The van der Waals surface area contributed by atoms with Crippen LogP contribution in [0.2, 0.25) is 5.02 Å². The number of hydrogen-bond acceptors (Lipinski definition) is 4. The lowest BCUT2D eigenvalue weighted by atomic mass is 9.83. The molecular formula is C20H25ClN2O4. The molecule has 2 aliphatic heterocycles. The minimum atomic E-state index is -1.71. The van der Waals surface area contributed by atoms with E-state index in [1.165, 1.54) is 4.90 Å².